The molecule has 1 aliphatic heterocycles. The minimum Gasteiger partial charge on any atom is -0.493 e. The third-order valence-corrected chi connectivity index (χ3v) is 3.87. The first-order valence-electron chi connectivity index (χ1n) is 7.51. The maximum absolute atomic E-state index is 12.3. The zero-order valence-corrected chi connectivity index (χ0v) is 13.4. The molecule has 0 radical (unpaired) electrons. The molecular weight excluding hydrogens is 284 g/mol. The van der Waals surface area contributed by atoms with E-state index in [9.17, 15) is 4.79 Å². The van der Waals surface area contributed by atoms with Crippen LogP contribution in [0.25, 0.3) is 0 Å². The summed E-state index contributed by atoms with van der Waals surface area (Å²) in [7, 11) is 4.60. The lowest BCUT2D eigenvalue weighted by Crippen LogP contribution is -2.30. The zero-order valence-electron chi connectivity index (χ0n) is 13.4. The molecule has 0 aliphatic carbocycles. The first-order valence-corrected chi connectivity index (χ1v) is 7.51. The molecule has 2 rings (SSSR count). The summed E-state index contributed by atoms with van der Waals surface area (Å²) < 4.78 is 15.8. The van der Waals surface area contributed by atoms with Gasteiger partial charge in [-0.3, -0.25) is 4.79 Å². The molecule has 0 spiro atoms. The van der Waals surface area contributed by atoms with Crippen molar-refractivity contribution in [1.29, 1.82) is 0 Å². The Hall–Kier alpha value is -1.95. The second-order valence-electron chi connectivity index (χ2n) is 5.25. The lowest BCUT2D eigenvalue weighted by atomic mass is 10.1. The van der Waals surface area contributed by atoms with Gasteiger partial charge in [0.15, 0.2) is 11.5 Å². The van der Waals surface area contributed by atoms with Crippen LogP contribution in [0.5, 0.6) is 17.2 Å². The van der Waals surface area contributed by atoms with E-state index in [-0.39, 0.29) is 5.91 Å². The van der Waals surface area contributed by atoms with E-state index in [1.165, 1.54) is 34.2 Å². The van der Waals surface area contributed by atoms with Gasteiger partial charge in [0.25, 0.3) is 5.91 Å². The van der Waals surface area contributed by atoms with Crippen molar-refractivity contribution in [3.8, 4) is 17.2 Å². The highest BCUT2D eigenvalue weighted by Gasteiger charge is 2.18. The standard InChI is InChI=1S/C16H24N2O4/c1-20-13-9-11(10-14(21-2)15(13)22-3)16(19)18-8-6-12-5-4-7-17-12/h9-10,12,17H,4-8H2,1-3H3,(H,18,19)/t12-/m1/s1. The number of amides is 1. The maximum Gasteiger partial charge on any atom is 0.251 e. The number of ether oxygens (including phenoxy) is 3. The molecule has 1 heterocycles. The summed E-state index contributed by atoms with van der Waals surface area (Å²) in [5, 5.41) is 6.35. The van der Waals surface area contributed by atoms with Crippen molar-refractivity contribution < 1.29 is 19.0 Å². The molecule has 22 heavy (non-hydrogen) atoms. The summed E-state index contributed by atoms with van der Waals surface area (Å²) in [4.78, 5) is 12.3. The highest BCUT2D eigenvalue weighted by molar-refractivity contribution is 5.95. The average Bonchev–Trinajstić information content (AvgIpc) is 3.06. The van der Waals surface area contributed by atoms with E-state index in [2.05, 4.69) is 10.6 Å². The van der Waals surface area contributed by atoms with Gasteiger partial charge in [-0.05, 0) is 37.9 Å². The molecule has 1 aliphatic rings. The fourth-order valence-electron chi connectivity index (χ4n) is 2.68. The summed E-state index contributed by atoms with van der Waals surface area (Å²) in [6, 6.07) is 3.83. The molecular formula is C16H24N2O4. The van der Waals surface area contributed by atoms with Crippen molar-refractivity contribution >= 4 is 5.91 Å². The molecule has 0 unspecified atom stereocenters. The Balaban J connectivity index is 2.01. The van der Waals surface area contributed by atoms with Crippen molar-refractivity contribution in [1.82, 2.24) is 10.6 Å². The zero-order chi connectivity index (χ0) is 15.9. The van der Waals surface area contributed by atoms with E-state index in [4.69, 9.17) is 14.2 Å². The van der Waals surface area contributed by atoms with Crippen molar-refractivity contribution in [3.63, 3.8) is 0 Å². The SMILES string of the molecule is COc1cc(C(=O)NCC[C@H]2CCCN2)cc(OC)c1OC. The van der Waals surface area contributed by atoms with Gasteiger partial charge in [0.05, 0.1) is 21.3 Å². The van der Waals surface area contributed by atoms with Crippen LogP contribution in [0, 0.1) is 0 Å². The molecule has 1 amide bonds. The van der Waals surface area contributed by atoms with Crippen molar-refractivity contribution in [2.24, 2.45) is 0 Å². The van der Waals surface area contributed by atoms with E-state index < -0.39 is 0 Å². The van der Waals surface area contributed by atoms with E-state index >= 15 is 0 Å². The Kier molecular flexibility index (Phi) is 5.89. The van der Waals surface area contributed by atoms with Crippen LogP contribution in [-0.2, 0) is 0 Å². The molecule has 0 saturated carbocycles. The second kappa shape index (κ2) is 7.89. The predicted molar refractivity (Wildman–Crippen MR) is 84.1 cm³/mol. The Morgan fingerprint density at radius 3 is 2.41 bits per heavy atom. The number of carbonyl (C=O) groups excluding carboxylic acids is 1. The number of nitrogens with one attached hydrogen (secondary N) is 2. The van der Waals surface area contributed by atoms with Crippen LogP contribution in [0.1, 0.15) is 29.6 Å². The van der Waals surface area contributed by atoms with Crippen LogP contribution in [-0.4, -0.2) is 46.4 Å². The summed E-state index contributed by atoms with van der Waals surface area (Å²) in [6.07, 6.45) is 3.34. The predicted octanol–water partition coefficient (Wildman–Crippen LogP) is 1.58. The van der Waals surface area contributed by atoms with Gasteiger partial charge < -0.3 is 24.8 Å². The van der Waals surface area contributed by atoms with Crippen LogP contribution in [0.3, 0.4) is 0 Å². The fraction of sp³-hybridized carbons (Fsp3) is 0.562. The first-order chi connectivity index (χ1) is 10.7. The molecule has 1 saturated heterocycles. The molecule has 1 aromatic rings. The quantitative estimate of drug-likeness (QED) is 0.800. The number of methoxy groups -OCH3 is 3. The van der Waals surface area contributed by atoms with Crippen LogP contribution >= 0.6 is 0 Å². The van der Waals surface area contributed by atoms with Crippen LogP contribution < -0.4 is 24.8 Å². The van der Waals surface area contributed by atoms with Crippen LogP contribution in [0.15, 0.2) is 12.1 Å². The number of hydrogen-bond acceptors (Lipinski definition) is 5. The summed E-state index contributed by atoms with van der Waals surface area (Å²) >= 11 is 0. The lowest BCUT2D eigenvalue weighted by Gasteiger charge is -2.14. The van der Waals surface area contributed by atoms with Gasteiger partial charge in [-0.25, -0.2) is 0 Å². The summed E-state index contributed by atoms with van der Waals surface area (Å²) in [5.41, 5.74) is 0.494. The minimum atomic E-state index is -0.141. The Labute approximate surface area is 131 Å². The van der Waals surface area contributed by atoms with Crippen LogP contribution in [0.2, 0.25) is 0 Å². The minimum absolute atomic E-state index is 0.141. The Morgan fingerprint density at radius 2 is 1.91 bits per heavy atom. The number of rotatable bonds is 7. The largest absolute Gasteiger partial charge is 0.493 e. The average molecular weight is 308 g/mol. The first kappa shape index (κ1) is 16.4. The molecule has 2 N–H and O–H groups in total. The van der Waals surface area contributed by atoms with Crippen molar-refractivity contribution in [2.75, 3.05) is 34.4 Å². The monoisotopic (exact) mass is 308 g/mol. The molecule has 0 aromatic heterocycles. The van der Waals surface area contributed by atoms with Gasteiger partial charge in [0.1, 0.15) is 0 Å². The number of carbonyl (C=O) groups is 1. The van der Waals surface area contributed by atoms with Gasteiger partial charge in [0, 0.05) is 18.2 Å². The van der Waals surface area contributed by atoms with Gasteiger partial charge in [0.2, 0.25) is 5.75 Å². The van der Waals surface area contributed by atoms with Crippen molar-refractivity contribution in [2.45, 2.75) is 25.3 Å². The maximum atomic E-state index is 12.3. The van der Waals surface area contributed by atoms with Gasteiger partial charge in [-0.15, -0.1) is 0 Å². The molecule has 1 aromatic carbocycles. The third kappa shape index (κ3) is 3.82. The van der Waals surface area contributed by atoms with Crippen LogP contribution in [0.4, 0.5) is 0 Å². The summed E-state index contributed by atoms with van der Waals surface area (Å²) in [5.74, 6) is 1.29. The lowest BCUT2D eigenvalue weighted by molar-refractivity contribution is 0.0951. The Bertz CT molecular complexity index is 488. The molecule has 1 fully saturated rings. The Morgan fingerprint density at radius 1 is 1.23 bits per heavy atom. The molecule has 6 heteroatoms. The van der Waals surface area contributed by atoms with E-state index in [1.54, 1.807) is 12.1 Å². The topological polar surface area (TPSA) is 68.8 Å². The highest BCUT2D eigenvalue weighted by Crippen LogP contribution is 2.38. The summed E-state index contributed by atoms with van der Waals surface area (Å²) in [6.45, 7) is 1.72. The molecule has 6 nitrogen and oxygen atoms in total. The second-order valence-corrected chi connectivity index (χ2v) is 5.25. The molecule has 0 bridgehead atoms. The molecule has 122 valence electrons. The number of benzene rings is 1. The smallest absolute Gasteiger partial charge is 0.251 e. The van der Waals surface area contributed by atoms with Gasteiger partial charge in [-0.1, -0.05) is 0 Å². The van der Waals surface area contributed by atoms with Crippen molar-refractivity contribution in [3.05, 3.63) is 17.7 Å². The van der Waals surface area contributed by atoms with E-state index in [0.717, 1.165) is 13.0 Å². The van der Waals surface area contributed by atoms with Gasteiger partial charge >= 0.3 is 0 Å². The van der Waals surface area contributed by atoms with E-state index in [1.807, 2.05) is 0 Å². The fourth-order valence-corrected chi connectivity index (χ4v) is 2.68. The van der Waals surface area contributed by atoms with Gasteiger partial charge in [-0.2, -0.15) is 0 Å². The number of hydrogen-bond donors (Lipinski definition) is 2. The normalized spacial score (nSPS) is 17.1. The van der Waals surface area contributed by atoms with E-state index in [0.29, 0.717) is 35.4 Å². The molecule has 1 atom stereocenters. The highest BCUT2D eigenvalue weighted by atomic mass is 16.5. The third-order valence-electron chi connectivity index (χ3n) is 3.87.